The average molecular weight is 351 g/mol. The van der Waals surface area contributed by atoms with E-state index < -0.39 is 11.7 Å². The van der Waals surface area contributed by atoms with Gasteiger partial charge in [-0.25, -0.2) is 4.79 Å². The van der Waals surface area contributed by atoms with Gasteiger partial charge >= 0.3 is 6.09 Å². The molecule has 1 aromatic carbocycles. The van der Waals surface area contributed by atoms with Gasteiger partial charge in [-0.2, -0.15) is 0 Å². The van der Waals surface area contributed by atoms with Crippen LogP contribution in [0.4, 0.5) is 4.79 Å². The van der Waals surface area contributed by atoms with E-state index in [0.29, 0.717) is 6.42 Å². The summed E-state index contributed by atoms with van der Waals surface area (Å²) in [5.41, 5.74) is 1.40. The van der Waals surface area contributed by atoms with E-state index in [0.717, 1.165) is 11.1 Å². The van der Waals surface area contributed by atoms with Crippen LogP contribution in [0.3, 0.4) is 0 Å². The molecule has 0 bridgehead atoms. The van der Waals surface area contributed by atoms with E-state index in [4.69, 9.17) is 19.3 Å². The second-order valence-corrected chi connectivity index (χ2v) is 6.53. The Hall–Kier alpha value is -1.89. The van der Waals surface area contributed by atoms with E-state index >= 15 is 0 Å². The lowest BCUT2D eigenvalue weighted by Gasteiger charge is -2.25. The molecule has 0 spiro atoms. The molecule has 0 saturated carbocycles. The molecule has 1 rings (SSSR count). The molecule has 0 fully saturated rings. The third kappa shape index (κ3) is 8.67. The standard InChI is InChI=1S/C19H29NO5/c1-19(2,3)25-18(22)20-17(13-24-14-23-4)16-11-6-5-9-15(16)10-7-8-12-21/h5-9,11,17,21H,10,12-14H2,1-4H3,(H,20,22)/b8-7+/t17-/m0/s1. The largest absolute Gasteiger partial charge is 0.444 e. The fourth-order valence-corrected chi connectivity index (χ4v) is 2.25. The molecule has 6 nitrogen and oxygen atoms in total. The van der Waals surface area contributed by atoms with Crippen LogP contribution < -0.4 is 5.32 Å². The lowest BCUT2D eigenvalue weighted by molar-refractivity contribution is -0.0392. The third-order valence-electron chi connectivity index (χ3n) is 3.22. The number of alkyl carbamates (subject to hydrolysis) is 1. The van der Waals surface area contributed by atoms with E-state index in [1.165, 1.54) is 0 Å². The molecule has 1 atom stereocenters. The van der Waals surface area contributed by atoms with Crippen molar-refractivity contribution in [2.24, 2.45) is 0 Å². The molecule has 0 radical (unpaired) electrons. The number of hydrogen-bond donors (Lipinski definition) is 2. The topological polar surface area (TPSA) is 77.0 Å². The maximum Gasteiger partial charge on any atom is 0.408 e. The van der Waals surface area contributed by atoms with Gasteiger partial charge in [0, 0.05) is 7.11 Å². The number of amides is 1. The summed E-state index contributed by atoms with van der Waals surface area (Å²) in [6.45, 7) is 5.84. The molecule has 1 amide bonds. The first-order valence-corrected chi connectivity index (χ1v) is 8.27. The molecule has 0 aliphatic carbocycles. The second-order valence-electron chi connectivity index (χ2n) is 6.53. The number of nitrogens with one attached hydrogen (secondary N) is 1. The summed E-state index contributed by atoms with van der Waals surface area (Å²) < 4.78 is 15.7. The summed E-state index contributed by atoms with van der Waals surface area (Å²) in [6, 6.07) is 7.40. The van der Waals surface area contributed by atoms with Crippen LogP contribution in [0.25, 0.3) is 0 Å². The first-order valence-electron chi connectivity index (χ1n) is 8.27. The molecule has 1 aromatic rings. The SMILES string of the molecule is COCOC[C@H](NC(=O)OC(C)(C)C)c1ccccc1C/C=C/CO. The van der Waals surface area contributed by atoms with E-state index in [1.54, 1.807) is 13.2 Å². The maximum atomic E-state index is 12.2. The second kappa shape index (κ2) is 10.9. The number of carbonyl (C=O) groups is 1. The van der Waals surface area contributed by atoms with Crippen molar-refractivity contribution < 1.29 is 24.1 Å². The average Bonchev–Trinajstić information content (AvgIpc) is 2.53. The van der Waals surface area contributed by atoms with Crippen LogP contribution >= 0.6 is 0 Å². The Bertz CT molecular complexity index is 551. The number of benzene rings is 1. The van der Waals surface area contributed by atoms with Gasteiger partial charge in [0.1, 0.15) is 12.4 Å². The number of carbonyl (C=O) groups excluding carboxylic acids is 1. The van der Waals surface area contributed by atoms with Crippen molar-refractivity contribution in [3.8, 4) is 0 Å². The number of aliphatic hydroxyl groups excluding tert-OH is 1. The van der Waals surface area contributed by atoms with Crippen molar-refractivity contribution in [3.05, 3.63) is 47.5 Å². The van der Waals surface area contributed by atoms with Crippen LogP contribution in [-0.4, -0.2) is 43.9 Å². The predicted molar refractivity (Wildman–Crippen MR) is 96.3 cm³/mol. The quantitative estimate of drug-likeness (QED) is 0.406. The zero-order valence-electron chi connectivity index (χ0n) is 15.5. The van der Waals surface area contributed by atoms with Crippen LogP contribution in [0.1, 0.15) is 37.9 Å². The molecule has 0 heterocycles. The van der Waals surface area contributed by atoms with Gasteiger partial charge in [0.15, 0.2) is 0 Å². The summed E-state index contributed by atoms with van der Waals surface area (Å²) in [4.78, 5) is 12.2. The van der Waals surface area contributed by atoms with Crippen LogP contribution in [0.2, 0.25) is 0 Å². The van der Waals surface area contributed by atoms with Crippen LogP contribution in [0.5, 0.6) is 0 Å². The summed E-state index contributed by atoms with van der Waals surface area (Å²) in [7, 11) is 1.55. The van der Waals surface area contributed by atoms with Gasteiger partial charge in [-0.05, 0) is 38.3 Å². The number of allylic oxidation sites excluding steroid dienone is 1. The van der Waals surface area contributed by atoms with Crippen molar-refractivity contribution in [1.29, 1.82) is 0 Å². The van der Waals surface area contributed by atoms with Gasteiger partial charge in [0.05, 0.1) is 19.3 Å². The molecule has 25 heavy (non-hydrogen) atoms. The van der Waals surface area contributed by atoms with Gasteiger partial charge in [-0.1, -0.05) is 36.4 Å². The minimum Gasteiger partial charge on any atom is -0.444 e. The predicted octanol–water partition coefficient (Wildman–Crippen LogP) is 2.96. The highest BCUT2D eigenvalue weighted by molar-refractivity contribution is 5.68. The zero-order chi connectivity index (χ0) is 18.7. The Morgan fingerprint density at radius 2 is 2.00 bits per heavy atom. The first kappa shape index (κ1) is 21.2. The van der Waals surface area contributed by atoms with Gasteiger partial charge in [0.25, 0.3) is 0 Å². The summed E-state index contributed by atoms with van der Waals surface area (Å²) in [5.74, 6) is 0. The fraction of sp³-hybridized carbons (Fsp3) is 0.526. The third-order valence-corrected chi connectivity index (χ3v) is 3.22. The molecule has 0 aliphatic heterocycles. The van der Waals surface area contributed by atoms with Crippen molar-refractivity contribution in [1.82, 2.24) is 5.32 Å². The van der Waals surface area contributed by atoms with Crippen molar-refractivity contribution in [2.75, 3.05) is 27.1 Å². The normalized spacial score (nSPS) is 13.0. The smallest absolute Gasteiger partial charge is 0.408 e. The molecule has 140 valence electrons. The van der Waals surface area contributed by atoms with Gasteiger partial charge in [-0.3, -0.25) is 0 Å². The van der Waals surface area contributed by atoms with Crippen LogP contribution in [0, 0.1) is 0 Å². The lowest BCUT2D eigenvalue weighted by Crippen LogP contribution is -2.37. The van der Waals surface area contributed by atoms with Crippen molar-refractivity contribution in [3.63, 3.8) is 0 Å². The number of methoxy groups -OCH3 is 1. The van der Waals surface area contributed by atoms with Crippen molar-refractivity contribution in [2.45, 2.75) is 38.8 Å². The molecular formula is C19H29NO5. The Kier molecular flexibility index (Phi) is 9.20. The van der Waals surface area contributed by atoms with E-state index in [1.807, 2.05) is 51.1 Å². The molecule has 0 saturated heterocycles. The molecular weight excluding hydrogens is 322 g/mol. The number of ether oxygens (including phenoxy) is 3. The van der Waals surface area contributed by atoms with E-state index in [2.05, 4.69) is 5.32 Å². The number of rotatable bonds is 9. The Labute approximate surface area is 149 Å². The monoisotopic (exact) mass is 351 g/mol. The van der Waals surface area contributed by atoms with Gasteiger partial charge in [0.2, 0.25) is 0 Å². The lowest BCUT2D eigenvalue weighted by atomic mass is 9.98. The van der Waals surface area contributed by atoms with Gasteiger partial charge < -0.3 is 24.6 Å². The van der Waals surface area contributed by atoms with E-state index in [9.17, 15) is 4.79 Å². The summed E-state index contributed by atoms with van der Waals surface area (Å²) >= 11 is 0. The van der Waals surface area contributed by atoms with E-state index in [-0.39, 0.29) is 26.0 Å². The minimum absolute atomic E-state index is 0.00129. The fourth-order valence-electron chi connectivity index (χ4n) is 2.25. The molecule has 0 aromatic heterocycles. The molecule has 0 unspecified atom stereocenters. The Morgan fingerprint density at radius 1 is 1.28 bits per heavy atom. The van der Waals surface area contributed by atoms with Gasteiger partial charge in [-0.15, -0.1) is 0 Å². The highest BCUT2D eigenvalue weighted by atomic mass is 16.7. The van der Waals surface area contributed by atoms with Crippen LogP contribution in [0.15, 0.2) is 36.4 Å². The zero-order valence-corrected chi connectivity index (χ0v) is 15.5. The highest BCUT2D eigenvalue weighted by Gasteiger charge is 2.22. The number of aliphatic hydroxyl groups is 1. The summed E-state index contributed by atoms with van der Waals surface area (Å²) in [5, 5.41) is 11.8. The Morgan fingerprint density at radius 3 is 2.64 bits per heavy atom. The van der Waals surface area contributed by atoms with Crippen molar-refractivity contribution >= 4 is 6.09 Å². The van der Waals surface area contributed by atoms with Crippen LogP contribution in [-0.2, 0) is 20.6 Å². The maximum absolute atomic E-state index is 12.2. The molecule has 0 aliphatic rings. The highest BCUT2D eigenvalue weighted by Crippen LogP contribution is 2.20. The Balaban J connectivity index is 2.94. The molecule has 2 N–H and O–H groups in total. The first-order chi connectivity index (χ1) is 11.9. The number of hydrogen-bond acceptors (Lipinski definition) is 5. The summed E-state index contributed by atoms with van der Waals surface area (Å²) in [6.07, 6.45) is 3.72. The molecule has 6 heteroatoms. The minimum atomic E-state index is -0.578.